The number of nitrogens with zero attached hydrogens (tertiary/aromatic N) is 3. The fraction of sp³-hybridized carbons (Fsp3) is 0.556. The fourth-order valence-corrected chi connectivity index (χ4v) is 1.80. The third-order valence-electron chi connectivity index (χ3n) is 2.75. The van der Waals surface area contributed by atoms with E-state index < -0.39 is 30.5 Å². The van der Waals surface area contributed by atoms with Crippen LogP contribution in [0.5, 0.6) is 0 Å². The number of carboxylic acids is 1. The highest BCUT2D eigenvalue weighted by Crippen LogP contribution is 2.21. The molecule has 0 spiro atoms. The molecule has 0 fully saturated rings. The van der Waals surface area contributed by atoms with Crippen LogP contribution in [0.2, 0.25) is 0 Å². The normalized spacial score (nSPS) is 18.2. The summed E-state index contributed by atoms with van der Waals surface area (Å²) in [7, 11) is 0. The summed E-state index contributed by atoms with van der Waals surface area (Å²) in [6.45, 7) is -0.355. The molecule has 1 amide bonds. The largest absolute Gasteiger partial charge is 0.481 e. The molecule has 0 radical (unpaired) electrons. The van der Waals surface area contributed by atoms with Crippen LogP contribution >= 0.6 is 0 Å². The monoisotopic (exact) mass is 278 g/mol. The van der Waals surface area contributed by atoms with Crippen molar-refractivity contribution >= 4 is 11.9 Å². The van der Waals surface area contributed by atoms with E-state index in [0.29, 0.717) is 5.82 Å². The van der Waals surface area contributed by atoms with E-state index in [0.717, 1.165) is 0 Å². The maximum atomic E-state index is 12.0. The molecule has 2 N–H and O–H groups in total. The minimum Gasteiger partial charge on any atom is -0.481 e. The van der Waals surface area contributed by atoms with Crippen molar-refractivity contribution in [2.24, 2.45) is 5.92 Å². The lowest BCUT2D eigenvalue weighted by Crippen LogP contribution is -2.36. The summed E-state index contributed by atoms with van der Waals surface area (Å²) in [5, 5.41) is 17.8. The molecular formula is C9H9F3N4O3. The van der Waals surface area contributed by atoms with Crippen LogP contribution in [0.1, 0.15) is 11.6 Å². The first-order valence-corrected chi connectivity index (χ1v) is 5.28. The number of aliphatic carboxylic acids is 1. The van der Waals surface area contributed by atoms with Crippen molar-refractivity contribution in [3.63, 3.8) is 0 Å². The molecule has 19 heavy (non-hydrogen) atoms. The summed E-state index contributed by atoms with van der Waals surface area (Å²) in [6.07, 6.45) is -4.78. The molecule has 1 aliphatic rings. The van der Waals surface area contributed by atoms with Crippen molar-refractivity contribution in [2.45, 2.75) is 25.7 Å². The van der Waals surface area contributed by atoms with Gasteiger partial charge in [0.05, 0.1) is 12.5 Å². The van der Waals surface area contributed by atoms with Gasteiger partial charge in [-0.3, -0.25) is 9.59 Å². The van der Waals surface area contributed by atoms with Crippen LogP contribution in [0.25, 0.3) is 0 Å². The molecule has 7 nitrogen and oxygen atoms in total. The van der Waals surface area contributed by atoms with Crippen molar-refractivity contribution in [2.75, 3.05) is 0 Å². The molecule has 1 aromatic rings. The molecular weight excluding hydrogens is 269 g/mol. The Kier molecular flexibility index (Phi) is 3.16. The lowest BCUT2D eigenvalue weighted by Gasteiger charge is -2.08. The van der Waals surface area contributed by atoms with Gasteiger partial charge in [-0.05, 0) is 0 Å². The second kappa shape index (κ2) is 4.52. The Hall–Kier alpha value is -2.13. The molecule has 1 aromatic heterocycles. The number of hydrogen-bond donors (Lipinski definition) is 2. The van der Waals surface area contributed by atoms with Crippen molar-refractivity contribution in [3.05, 3.63) is 11.6 Å². The van der Waals surface area contributed by atoms with Gasteiger partial charge in [0, 0.05) is 13.0 Å². The highest BCUT2D eigenvalue weighted by molar-refractivity contribution is 5.81. The predicted octanol–water partition coefficient (Wildman–Crippen LogP) is -0.287. The molecule has 0 saturated carbocycles. The summed E-state index contributed by atoms with van der Waals surface area (Å²) in [4.78, 5) is 21.4. The number of rotatable bonds is 3. The molecule has 2 rings (SSSR count). The van der Waals surface area contributed by atoms with Gasteiger partial charge < -0.3 is 15.0 Å². The van der Waals surface area contributed by atoms with Crippen LogP contribution in [0.15, 0.2) is 0 Å². The third-order valence-corrected chi connectivity index (χ3v) is 2.75. The highest BCUT2D eigenvalue weighted by atomic mass is 19.4. The van der Waals surface area contributed by atoms with Gasteiger partial charge in [0.1, 0.15) is 5.82 Å². The number of fused-ring (bicyclic) bond motifs is 1. The number of hydrogen-bond acceptors (Lipinski definition) is 4. The second-order valence-electron chi connectivity index (χ2n) is 4.06. The maximum absolute atomic E-state index is 12.0. The van der Waals surface area contributed by atoms with E-state index in [9.17, 15) is 22.8 Å². The quantitative estimate of drug-likeness (QED) is 0.792. The van der Waals surface area contributed by atoms with Gasteiger partial charge >= 0.3 is 18.1 Å². The summed E-state index contributed by atoms with van der Waals surface area (Å²) in [5.74, 6) is -3.24. The van der Waals surface area contributed by atoms with Gasteiger partial charge in [-0.15, -0.1) is 10.2 Å². The van der Waals surface area contributed by atoms with E-state index in [-0.39, 0.29) is 18.8 Å². The zero-order valence-electron chi connectivity index (χ0n) is 9.44. The first-order chi connectivity index (χ1) is 8.79. The minimum absolute atomic E-state index is 0.0922. The van der Waals surface area contributed by atoms with Gasteiger partial charge in [-0.2, -0.15) is 13.2 Å². The standard InChI is InChI=1S/C9H9F3N4O3/c10-9(11,12)8(19)13-2-6-15-14-5-1-4(7(17)18)3-16(5)6/h4H,1-3H2,(H,13,19)(H,17,18). The smallest absolute Gasteiger partial charge is 0.471 e. The van der Waals surface area contributed by atoms with Crippen molar-refractivity contribution in [1.29, 1.82) is 0 Å². The van der Waals surface area contributed by atoms with Gasteiger partial charge in [0.25, 0.3) is 0 Å². The number of aromatic nitrogens is 3. The van der Waals surface area contributed by atoms with E-state index in [1.54, 1.807) is 5.32 Å². The Labute approximate surface area is 104 Å². The number of carboxylic acid groups (broad SMARTS) is 1. The number of nitrogens with one attached hydrogen (secondary N) is 1. The van der Waals surface area contributed by atoms with Crippen LogP contribution in [0.3, 0.4) is 0 Å². The number of alkyl halides is 3. The topological polar surface area (TPSA) is 97.1 Å². The molecule has 0 bridgehead atoms. The van der Waals surface area contributed by atoms with Crippen LogP contribution in [-0.2, 0) is 29.1 Å². The fourth-order valence-electron chi connectivity index (χ4n) is 1.80. The van der Waals surface area contributed by atoms with Crippen molar-refractivity contribution in [1.82, 2.24) is 20.1 Å². The summed E-state index contributed by atoms with van der Waals surface area (Å²) in [5.41, 5.74) is 0. The Bertz CT molecular complexity index is 525. The van der Waals surface area contributed by atoms with E-state index in [1.165, 1.54) is 4.57 Å². The Morgan fingerprint density at radius 2 is 2.11 bits per heavy atom. The van der Waals surface area contributed by atoms with Crippen LogP contribution in [0.4, 0.5) is 13.2 Å². The number of amides is 1. The molecule has 1 aliphatic heterocycles. The maximum Gasteiger partial charge on any atom is 0.471 e. The Morgan fingerprint density at radius 3 is 2.68 bits per heavy atom. The van der Waals surface area contributed by atoms with Crippen LogP contribution in [-0.4, -0.2) is 37.9 Å². The number of halogens is 3. The van der Waals surface area contributed by atoms with E-state index in [1.807, 2.05) is 0 Å². The SMILES string of the molecule is O=C(O)C1Cc2nnc(CNC(=O)C(F)(F)F)n2C1. The number of carbonyl (C=O) groups excluding carboxylic acids is 1. The average Bonchev–Trinajstić information content (AvgIpc) is 2.84. The summed E-state index contributed by atoms with van der Waals surface area (Å²) >= 11 is 0. The predicted molar refractivity (Wildman–Crippen MR) is 52.8 cm³/mol. The van der Waals surface area contributed by atoms with Gasteiger partial charge in [0.15, 0.2) is 5.82 Å². The zero-order valence-corrected chi connectivity index (χ0v) is 9.44. The first-order valence-electron chi connectivity index (χ1n) is 5.28. The van der Waals surface area contributed by atoms with Crippen molar-refractivity contribution in [3.8, 4) is 0 Å². The lowest BCUT2D eigenvalue weighted by molar-refractivity contribution is -0.173. The molecule has 0 aliphatic carbocycles. The van der Waals surface area contributed by atoms with E-state index in [2.05, 4.69) is 10.2 Å². The van der Waals surface area contributed by atoms with E-state index >= 15 is 0 Å². The summed E-state index contributed by atoms with van der Waals surface area (Å²) in [6, 6.07) is 0. The van der Waals surface area contributed by atoms with Crippen LogP contribution in [0, 0.1) is 5.92 Å². The van der Waals surface area contributed by atoms with Gasteiger partial charge in [-0.25, -0.2) is 0 Å². The third kappa shape index (κ3) is 2.66. The van der Waals surface area contributed by atoms with Crippen molar-refractivity contribution < 1.29 is 27.9 Å². The van der Waals surface area contributed by atoms with Crippen LogP contribution < -0.4 is 5.32 Å². The molecule has 1 unspecified atom stereocenters. The minimum atomic E-state index is -4.96. The van der Waals surface area contributed by atoms with Gasteiger partial charge in [0.2, 0.25) is 0 Å². The lowest BCUT2D eigenvalue weighted by atomic mass is 10.1. The molecule has 104 valence electrons. The second-order valence-corrected chi connectivity index (χ2v) is 4.06. The molecule has 0 saturated heterocycles. The summed E-state index contributed by atoms with van der Waals surface area (Å²) < 4.78 is 37.4. The van der Waals surface area contributed by atoms with Gasteiger partial charge in [-0.1, -0.05) is 0 Å². The first kappa shape index (κ1) is 13.3. The highest BCUT2D eigenvalue weighted by Gasteiger charge is 2.39. The molecule has 0 aromatic carbocycles. The Morgan fingerprint density at radius 1 is 1.42 bits per heavy atom. The molecule has 1 atom stereocenters. The Balaban J connectivity index is 2.02. The molecule has 10 heteroatoms. The zero-order chi connectivity index (χ0) is 14.2. The number of carbonyl (C=O) groups is 2. The van der Waals surface area contributed by atoms with E-state index in [4.69, 9.17) is 5.11 Å². The average molecular weight is 278 g/mol. The molecule has 2 heterocycles.